The van der Waals surface area contributed by atoms with Gasteiger partial charge in [0.25, 0.3) is 0 Å². The van der Waals surface area contributed by atoms with Gasteiger partial charge in [-0.15, -0.1) is 0 Å². The predicted octanol–water partition coefficient (Wildman–Crippen LogP) is 2.27. The van der Waals surface area contributed by atoms with E-state index in [4.69, 9.17) is 10.7 Å². The van der Waals surface area contributed by atoms with Crippen LogP contribution in [0.2, 0.25) is 0 Å². The highest BCUT2D eigenvalue weighted by Gasteiger charge is 2.06. The molecule has 0 radical (unpaired) electrons. The molecule has 1 rings (SSSR count). The molecule has 0 fully saturated rings. The topological polar surface area (TPSA) is 81.4 Å². The maximum absolute atomic E-state index is 13.0. The zero-order chi connectivity index (χ0) is 9.68. The number of nitrogens with zero attached hydrogens (tertiary/aromatic N) is 4. The van der Waals surface area contributed by atoms with Gasteiger partial charge in [0.15, 0.2) is 5.84 Å². The molecule has 5 nitrogen and oxygen atoms in total. The van der Waals surface area contributed by atoms with Crippen LogP contribution in [0.4, 0.5) is 4.39 Å². The molecule has 66 valence electrons. The van der Waals surface area contributed by atoms with Gasteiger partial charge in [-0.1, -0.05) is 17.3 Å². The molecule has 0 saturated carbocycles. The van der Waals surface area contributed by atoms with E-state index in [0.29, 0.717) is 0 Å². The van der Waals surface area contributed by atoms with Crippen LogP contribution in [0, 0.1) is 5.82 Å². The number of rotatable bonds is 1. The third kappa shape index (κ3) is 1.94. The van der Waals surface area contributed by atoms with Crippen LogP contribution in [0.5, 0.6) is 0 Å². The number of hydrogen-bond acceptors (Lipinski definition) is 2. The lowest BCUT2D eigenvalue weighted by molar-refractivity contribution is 0.318. The molecule has 0 spiro atoms. The Morgan fingerprint density at radius 2 is 2.15 bits per heavy atom. The Balaban J connectivity index is 3.20. The van der Waals surface area contributed by atoms with Crippen molar-refractivity contribution in [2.75, 3.05) is 0 Å². The first kappa shape index (κ1) is 9.02. The number of azide groups is 1. The Hall–Kier alpha value is -2.07. The molecule has 0 heterocycles. The Bertz CT molecular complexity index is 384. The Labute approximate surface area is 72.7 Å². The average molecular weight is 180 g/mol. The molecule has 1 aromatic carbocycles. The van der Waals surface area contributed by atoms with Crippen molar-refractivity contribution < 1.29 is 9.60 Å². The molecule has 0 aliphatic carbocycles. The summed E-state index contributed by atoms with van der Waals surface area (Å²) in [5, 5.41) is 14.1. The van der Waals surface area contributed by atoms with Crippen LogP contribution < -0.4 is 0 Å². The third-order valence-electron chi connectivity index (χ3n) is 1.35. The fourth-order valence-corrected chi connectivity index (χ4v) is 0.813. The van der Waals surface area contributed by atoms with Crippen LogP contribution in [0.3, 0.4) is 0 Å². The highest BCUT2D eigenvalue weighted by Crippen LogP contribution is 2.08. The van der Waals surface area contributed by atoms with Crippen LogP contribution in [0.1, 0.15) is 5.56 Å². The molecule has 0 aromatic heterocycles. The highest BCUT2D eigenvalue weighted by atomic mass is 19.1. The second kappa shape index (κ2) is 4.08. The molecule has 0 aliphatic heterocycles. The highest BCUT2D eigenvalue weighted by molar-refractivity contribution is 5.99. The Morgan fingerprint density at radius 3 is 2.69 bits per heavy atom. The summed E-state index contributed by atoms with van der Waals surface area (Å²) in [5.74, 6) is -0.997. The first-order valence-electron chi connectivity index (χ1n) is 3.31. The van der Waals surface area contributed by atoms with Crippen LogP contribution in [0.15, 0.2) is 34.5 Å². The van der Waals surface area contributed by atoms with E-state index in [1.807, 2.05) is 0 Å². The summed E-state index contributed by atoms with van der Waals surface area (Å²) in [6, 6.07) is 5.53. The van der Waals surface area contributed by atoms with Crippen molar-refractivity contribution in [2.24, 2.45) is 10.3 Å². The molecule has 0 aliphatic rings. The predicted molar refractivity (Wildman–Crippen MR) is 43.9 cm³/mol. The quantitative estimate of drug-likeness (QED) is 0.134. The largest absolute Gasteiger partial charge is 0.410 e. The van der Waals surface area contributed by atoms with Gasteiger partial charge in [0.05, 0.1) is 0 Å². The molecule has 0 unspecified atom stereocenters. The van der Waals surface area contributed by atoms with Crippen molar-refractivity contribution in [3.63, 3.8) is 0 Å². The van der Waals surface area contributed by atoms with Gasteiger partial charge in [-0.25, -0.2) is 4.39 Å². The molecule has 0 saturated heterocycles. The summed E-state index contributed by atoms with van der Waals surface area (Å²) < 4.78 is 13.0. The molecule has 1 aromatic rings. The molecule has 0 atom stereocenters. The molecular weight excluding hydrogens is 175 g/mol. The third-order valence-corrected chi connectivity index (χ3v) is 1.35. The minimum Gasteiger partial charge on any atom is -0.410 e. The van der Waals surface area contributed by atoms with Crippen molar-refractivity contribution in [1.29, 1.82) is 0 Å². The van der Waals surface area contributed by atoms with Crippen LogP contribution >= 0.6 is 0 Å². The normalized spacial score (nSPS) is 10.7. The average Bonchev–Trinajstić information content (AvgIpc) is 2.16. The second-order valence-electron chi connectivity index (χ2n) is 2.09. The summed E-state index contributed by atoms with van der Waals surface area (Å²) in [4.78, 5) is 2.39. The van der Waals surface area contributed by atoms with E-state index in [-0.39, 0.29) is 11.4 Å². The number of benzene rings is 1. The molecule has 13 heavy (non-hydrogen) atoms. The minimum absolute atomic E-state index is 0.0391. The van der Waals surface area contributed by atoms with Gasteiger partial charge in [-0.05, 0) is 22.8 Å². The van der Waals surface area contributed by atoms with Crippen LogP contribution in [-0.4, -0.2) is 11.0 Å². The SMILES string of the molecule is [N-]=[N+]=N/C(=N/O)c1ccccc1F. The van der Waals surface area contributed by atoms with Gasteiger partial charge in [0, 0.05) is 10.5 Å². The maximum atomic E-state index is 13.0. The Morgan fingerprint density at radius 1 is 1.46 bits per heavy atom. The van der Waals surface area contributed by atoms with E-state index in [9.17, 15) is 4.39 Å². The van der Waals surface area contributed by atoms with Crippen LogP contribution in [0.25, 0.3) is 10.4 Å². The Kier molecular flexibility index (Phi) is 2.83. The lowest BCUT2D eigenvalue weighted by Crippen LogP contribution is -1.98. The molecule has 0 amide bonds. The van der Waals surface area contributed by atoms with Gasteiger partial charge in [0.2, 0.25) is 0 Å². The van der Waals surface area contributed by atoms with Gasteiger partial charge >= 0.3 is 0 Å². The standard InChI is InChI=1S/C7H5FN4O/c8-6-4-2-1-3-5(6)7(11-13)10-12-9/h1-4,13H/b11-7+. The van der Waals surface area contributed by atoms with E-state index < -0.39 is 5.82 Å². The van der Waals surface area contributed by atoms with E-state index in [0.717, 1.165) is 0 Å². The molecule has 6 heteroatoms. The maximum Gasteiger partial charge on any atom is 0.175 e. The van der Waals surface area contributed by atoms with E-state index >= 15 is 0 Å². The zero-order valence-corrected chi connectivity index (χ0v) is 6.42. The summed E-state index contributed by atoms with van der Waals surface area (Å²) in [6.45, 7) is 0. The van der Waals surface area contributed by atoms with Crippen molar-refractivity contribution >= 4 is 5.84 Å². The summed E-state index contributed by atoms with van der Waals surface area (Å²) in [7, 11) is 0. The lowest BCUT2D eigenvalue weighted by atomic mass is 10.2. The van der Waals surface area contributed by atoms with E-state index in [1.54, 1.807) is 0 Å². The van der Waals surface area contributed by atoms with E-state index in [1.165, 1.54) is 24.3 Å². The smallest absolute Gasteiger partial charge is 0.175 e. The summed E-state index contributed by atoms with van der Waals surface area (Å²) in [5.41, 5.74) is 8.02. The lowest BCUT2D eigenvalue weighted by Gasteiger charge is -1.97. The number of halogens is 1. The monoisotopic (exact) mass is 180 g/mol. The first-order valence-corrected chi connectivity index (χ1v) is 3.31. The van der Waals surface area contributed by atoms with Gasteiger partial charge in [-0.2, -0.15) is 0 Å². The van der Waals surface area contributed by atoms with Crippen molar-refractivity contribution in [1.82, 2.24) is 0 Å². The molecule has 1 N–H and O–H groups in total. The van der Waals surface area contributed by atoms with Gasteiger partial charge in [0.1, 0.15) is 5.82 Å². The van der Waals surface area contributed by atoms with Crippen LogP contribution in [-0.2, 0) is 0 Å². The first-order chi connectivity index (χ1) is 6.29. The van der Waals surface area contributed by atoms with Gasteiger partial charge < -0.3 is 5.21 Å². The number of hydrogen-bond donors (Lipinski definition) is 1. The zero-order valence-electron chi connectivity index (χ0n) is 6.42. The summed E-state index contributed by atoms with van der Waals surface area (Å²) >= 11 is 0. The fraction of sp³-hybridized carbons (Fsp3) is 0. The number of amidine groups is 1. The summed E-state index contributed by atoms with van der Waals surface area (Å²) in [6.07, 6.45) is 0. The number of oxime groups is 1. The molecule has 0 bridgehead atoms. The van der Waals surface area contributed by atoms with Crippen molar-refractivity contribution in [3.05, 3.63) is 46.1 Å². The fourth-order valence-electron chi connectivity index (χ4n) is 0.813. The second-order valence-corrected chi connectivity index (χ2v) is 2.09. The van der Waals surface area contributed by atoms with Gasteiger partial charge in [-0.3, -0.25) is 0 Å². The van der Waals surface area contributed by atoms with Crippen molar-refractivity contribution in [3.8, 4) is 0 Å². The van der Waals surface area contributed by atoms with Crippen molar-refractivity contribution in [2.45, 2.75) is 0 Å². The van der Waals surface area contributed by atoms with E-state index in [2.05, 4.69) is 15.2 Å². The molecular formula is C7H5FN4O. The minimum atomic E-state index is -0.609.